The molecule has 2 aromatic rings. The fourth-order valence-electron chi connectivity index (χ4n) is 3.04. The van der Waals surface area contributed by atoms with Crippen LogP contribution in [0.15, 0.2) is 48.8 Å². The number of benzene rings is 1. The van der Waals surface area contributed by atoms with Gasteiger partial charge in [0.25, 0.3) is 5.91 Å². The lowest BCUT2D eigenvalue weighted by molar-refractivity contribution is -0.132. The second-order valence-electron chi connectivity index (χ2n) is 6.26. The number of piperazine rings is 1. The minimum Gasteiger partial charge on any atom is -0.497 e. The third-order valence-corrected chi connectivity index (χ3v) is 4.63. The first-order chi connectivity index (χ1) is 12.7. The van der Waals surface area contributed by atoms with E-state index in [1.807, 2.05) is 29.2 Å². The minimum atomic E-state index is -0.00210. The second-order valence-corrected chi connectivity index (χ2v) is 6.26. The minimum absolute atomic E-state index is 0.00210. The molecule has 3 rings (SSSR count). The van der Waals surface area contributed by atoms with Gasteiger partial charge in [0.2, 0.25) is 5.91 Å². The smallest absolute Gasteiger partial charge is 0.254 e. The molecule has 1 aliphatic rings. The van der Waals surface area contributed by atoms with Gasteiger partial charge in [0.15, 0.2) is 0 Å². The van der Waals surface area contributed by atoms with E-state index in [4.69, 9.17) is 4.74 Å². The fraction of sp³-hybridized carbons (Fsp3) is 0.350. The largest absolute Gasteiger partial charge is 0.497 e. The van der Waals surface area contributed by atoms with Crippen molar-refractivity contribution in [1.82, 2.24) is 14.8 Å². The van der Waals surface area contributed by atoms with E-state index >= 15 is 0 Å². The molecule has 0 saturated carbocycles. The molecule has 0 spiro atoms. The van der Waals surface area contributed by atoms with E-state index in [1.165, 1.54) is 0 Å². The number of amides is 2. The summed E-state index contributed by atoms with van der Waals surface area (Å²) in [4.78, 5) is 32.4. The summed E-state index contributed by atoms with van der Waals surface area (Å²) in [5.74, 6) is 0.949. The molecule has 0 aliphatic carbocycles. The van der Waals surface area contributed by atoms with Crippen molar-refractivity contribution in [3.8, 4) is 5.75 Å². The van der Waals surface area contributed by atoms with Crippen LogP contribution in [0.25, 0.3) is 0 Å². The van der Waals surface area contributed by atoms with Gasteiger partial charge in [-0.25, -0.2) is 0 Å². The van der Waals surface area contributed by atoms with Crippen molar-refractivity contribution in [1.29, 1.82) is 0 Å². The number of aryl methyl sites for hydroxylation is 1. The molecule has 0 unspecified atom stereocenters. The highest BCUT2D eigenvalue weighted by Crippen LogP contribution is 2.14. The van der Waals surface area contributed by atoms with Crippen molar-refractivity contribution in [2.75, 3.05) is 33.3 Å². The van der Waals surface area contributed by atoms with Gasteiger partial charge >= 0.3 is 0 Å². The highest BCUT2D eigenvalue weighted by Gasteiger charge is 2.24. The molecule has 0 radical (unpaired) electrons. The van der Waals surface area contributed by atoms with Gasteiger partial charge in [-0.2, -0.15) is 0 Å². The van der Waals surface area contributed by atoms with Gasteiger partial charge in [-0.15, -0.1) is 0 Å². The molecule has 1 saturated heterocycles. The molecule has 1 aromatic carbocycles. The molecule has 136 valence electrons. The van der Waals surface area contributed by atoms with Crippen LogP contribution in [0.4, 0.5) is 0 Å². The Morgan fingerprint density at radius 2 is 1.58 bits per heavy atom. The lowest BCUT2D eigenvalue weighted by atomic mass is 10.1. The zero-order chi connectivity index (χ0) is 18.4. The highest BCUT2D eigenvalue weighted by molar-refractivity contribution is 5.94. The van der Waals surface area contributed by atoms with Gasteiger partial charge in [0.1, 0.15) is 5.75 Å². The summed E-state index contributed by atoms with van der Waals surface area (Å²) in [7, 11) is 1.64. The Labute approximate surface area is 153 Å². The lowest BCUT2D eigenvalue weighted by Crippen LogP contribution is -2.50. The van der Waals surface area contributed by atoms with E-state index in [1.54, 1.807) is 36.5 Å². The predicted octanol–water partition coefficient (Wildman–Crippen LogP) is 2.01. The van der Waals surface area contributed by atoms with E-state index in [0.29, 0.717) is 44.6 Å². The maximum absolute atomic E-state index is 12.4. The number of nitrogens with zero attached hydrogens (tertiary/aromatic N) is 3. The van der Waals surface area contributed by atoms with Crippen LogP contribution in [0.3, 0.4) is 0 Å². The first kappa shape index (κ1) is 17.9. The Hall–Kier alpha value is -2.89. The van der Waals surface area contributed by atoms with Crippen molar-refractivity contribution in [2.45, 2.75) is 12.8 Å². The van der Waals surface area contributed by atoms with Crippen LogP contribution >= 0.6 is 0 Å². The number of hydrogen-bond acceptors (Lipinski definition) is 4. The Kier molecular flexibility index (Phi) is 5.84. The molecule has 2 amide bonds. The quantitative estimate of drug-likeness (QED) is 0.825. The number of aromatic nitrogens is 1. The standard InChI is InChI=1S/C20H23N3O3/c1-26-18-5-2-16(3-6-18)4-7-19(24)22-12-14-23(15-13-22)20(25)17-8-10-21-11-9-17/h2-3,5-6,8-11H,4,7,12-15H2,1H3. The van der Waals surface area contributed by atoms with E-state index in [2.05, 4.69) is 4.98 Å². The van der Waals surface area contributed by atoms with Crippen LogP contribution in [0.1, 0.15) is 22.3 Å². The van der Waals surface area contributed by atoms with Crippen molar-refractivity contribution in [3.05, 3.63) is 59.9 Å². The third-order valence-electron chi connectivity index (χ3n) is 4.63. The molecule has 2 heterocycles. The Morgan fingerprint density at radius 3 is 2.19 bits per heavy atom. The van der Waals surface area contributed by atoms with Crippen LogP contribution < -0.4 is 4.74 Å². The number of methoxy groups -OCH3 is 1. The zero-order valence-electron chi connectivity index (χ0n) is 14.9. The topological polar surface area (TPSA) is 62.7 Å². The molecule has 6 nitrogen and oxygen atoms in total. The van der Waals surface area contributed by atoms with Crippen LogP contribution in [-0.4, -0.2) is 59.9 Å². The first-order valence-corrected chi connectivity index (χ1v) is 8.77. The van der Waals surface area contributed by atoms with Gasteiger partial charge in [-0.3, -0.25) is 14.6 Å². The Morgan fingerprint density at radius 1 is 0.962 bits per heavy atom. The number of pyridine rings is 1. The Bertz CT molecular complexity index is 739. The predicted molar refractivity (Wildman–Crippen MR) is 98.0 cm³/mol. The SMILES string of the molecule is COc1ccc(CCC(=O)N2CCN(C(=O)c3ccncc3)CC2)cc1. The summed E-state index contributed by atoms with van der Waals surface area (Å²) >= 11 is 0. The first-order valence-electron chi connectivity index (χ1n) is 8.77. The van der Waals surface area contributed by atoms with E-state index < -0.39 is 0 Å². The molecule has 1 aromatic heterocycles. The van der Waals surface area contributed by atoms with Crippen molar-refractivity contribution in [3.63, 3.8) is 0 Å². The van der Waals surface area contributed by atoms with E-state index in [9.17, 15) is 9.59 Å². The molecule has 1 fully saturated rings. The third kappa shape index (κ3) is 4.39. The molecule has 0 N–H and O–H groups in total. The molecule has 0 bridgehead atoms. The highest BCUT2D eigenvalue weighted by atomic mass is 16.5. The van der Waals surface area contributed by atoms with Gasteiger partial charge in [0.05, 0.1) is 7.11 Å². The van der Waals surface area contributed by atoms with Gasteiger partial charge in [0, 0.05) is 50.6 Å². The summed E-state index contributed by atoms with van der Waals surface area (Å²) in [6.45, 7) is 2.29. The molecular formula is C20H23N3O3. The van der Waals surface area contributed by atoms with Crippen LogP contribution in [-0.2, 0) is 11.2 Å². The van der Waals surface area contributed by atoms with Crippen LogP contribution in [0, 0.1) is 0 Å². The van der Waals surface area contributed by atoms with Gasteiger partial charge in [-0.05, 0) is 36.2 Å². The Balaban J connectivity index is 1.46. The van der Waals surface area contributed by atoms with Gasteiger partial charge in [-0.1, -0.05) is 12.1 Å². The zero-order valence-corrected chi connectivity index (χ0v) is 14.9. The number of carbonyl (C=O) groups is 2. The summed E-state index contributed by atoms with van der Waals surface area (Å²) in [5, 5.41) is 0. The van der Waals surface area contributed by atoms with E-state index in [-0.39, 0.29) is 11.8 Å². The summed E-state index contributed by atoms with van der Waals surface area (Å²) in [6.07, 6.45) is 4.42. The van der Waals surface area contributed by atoms with Crippen LogP contribution in [0.5, 0.6) is 5.75 Å². The van der Waals surface area contributed by atoms with Crippen molar-refractivity contribution < 1.29 is 14.3 Å². The average molecular weight is 353 g/mol. The second kappa shape index (κ2) is 8.47. The van der Waals surface area contributed by atoms with Crippen LogP contribution in [0.2, 0.25) is 0 Å². The molecule has 0 atom stereocenters. The number of carbonyl (C=O) groups excluding carboxylic acids is 2. The van der Waals surface area contributed by atoms with Crippen molar-refractivity contribution >= 4 is 11.8 Å². The number of ether oxygens (including phenoxy) is 1. The van der Waals surface area contributed by atoms with E-state index in [0.717, 1.165) is 11.3 Å². The summed E-state index contributed by atoms with van der Waals surface area (Å²) < 4.78 is 5.14. The summed E-state index contributed by atoms with van der Waals surface area (Å²) in [6, 6.07) is 11.2. The maximum atomic E-state index is 12.4. The normalized spacial score (nSPS) is 14.2. The fourth-order valence-corrected chi connectivity index (χ4v) is 3.04. The number of rotatable bonds is 5. The molecule has 26 heavy (non-hydrogen) atoms. The monoisotopic (exact) mass is 353 g/mol. The lowest BCUT2D eigenvalue weighted by Gasteiger charge is -2.35. The maximum Gasteiger partial charge on any atom is 0.254 e. The molecular weight excluding hydrogens is 330 g/mol. The van der Waals surface area contributed by atoms with Crippen molar-refractivity contribution in [2.24, 2.45) is 0 Å². The molecule has 1 aliphatic heterocycles. The number of hydrogen-bond donors (Lipinski definition) is 0. The van der Waals surface area contributed by atoms with Gasteiger partial charge < -0.3 is 14.5 Å². The average Bonchev–Trinajstić information content (AvgIpc) is 2.72. The molecule has 6 heteroatoms. The summed E-state index contributed by atoms with van der Waals surface area (Å²) in [5.41, 5.74) is 1.75.